The summed E-state index contributed by atoms with van der Waals surface area (Å²) in [5.41, 5.74) is 2.99. The van der Waals surface area contributed by atoms with Gasteiger partial charge in [-0.1, -0.05) is 70.7 Å². The first-order valence-corrected chi connectivity index (χ1v) is 10.8. The molecular formula is C25H22ClFN2O4. The molecule has 0 aliphatic carbocycles. The number of carboxylic acids is 1. The Morgan fingerprint density at radius 2 is 1.79 bits per heavy atom. The molecule has 0 bridgehead atoms. The van der Waals surface area contributed by atoms with Crippen molar-refractivity contribution >= 4 is 23.6 Å². The van der Waals surface area contributed by atoms with Crippen LogP contribution >= 0.6 is 11.6 Å². The number of carbonyl (C=O) groups excluding carboxylic acids is 1. The lowest BCUT2D eigenvalue weighted by atomic mass is 9.88. The van der Waals surface area contributed by atoms with E-state index in [0.717, 1.165) is 11.1 Å². The van der Waals surface area contributed by atoms with E-state index in [9.17, 15) is 9.59 Å². The summed E-state index contributed by atoms with van der Waals surface area (Å²) in [5.74, 6) is -0.861. The van der Waals surface area contributed by atoms with Gasteiger partial charge in [0.15, 0.2) is 6.61 Å². The van der Waals surface area contributed by atoms with Crippen molar-refractivity contribution in [3.05, 3.63) is 100 Å². The van der Waals surface area contributed by atoms with Crippen molar-refractivity contribution in [1.82, 2.24) is 10.0 Å². The standard InChI is InChI=1S/C25H22ClFN2O4/c26-19-10-11-22(33-16-23(30)31)21(14-19)24-20-9-5-4-8-18(20)12-13-28(24)25(32)29(27)15-17-6-2-1-3-7-17/h1-11,14,24H,12-13,15-16H2,(H,30,31). The first kappa shape index (κ1) is 22.6. The van der Waals surface area contributed by atoms with Gasteiger partial charge in [0.25, 0.3) is 0 Å². The third-order valence-electron chi connectivity index (χ3n) is 5.52. The lowest BCUT2D eigenvalue weighted by molar-refractivity contribution is -0.139. The average Bonchev–Trinajstić information content (AvgIpc) is 2.82. The molecule has 0 saturated carbocycles. The van der Waals surface area contributed by atoms with Gasteiger partial charge in [0, 0.05) is 17.1 Å². The number of hydrogen-bond acceptors (Lipinski definition) is 3. The molecule has 4 rings (SSSR count). The Morgan fingerprint density at radius 3 is 2.55 bits per heavy atom. The van der Waals surface area contributed by atoms with E-state index in [-0.39, 0.29) is 24.0 Å². The zero-order valence-electron chi connectivity index (χ0n) is 17.7. The van der Waals surface area contributed by atoms with Gasteiger partial charge in [-0.15, -0.1) is 0 Å². The normalized spacial score (nSPS) is 15.0. The molecule has 1 aliphatic rings. The third-order valence-corrected chi connectivity index (χ3v) is 5.75. The first-order chi connectivity index (χ1) is 15.9. The lowest BCUT2D eigenvalue weighted by Crippen LogP contribution is -2.45. The van der Waals surface area contributed by atoms with E-state index in [2.05, 4.69) is 0 Å². The fourth-order valence-electron chi connectivity index (χ4n) is 4.06. The summed E-state index contributed by atoms with van der Waals surface area (Å²) in [6, 6.07) is 19.8. The molecule has 3 aromatic rings. The summed E-state index contributed by atoms with van der Waals surface area (Å²) < 4.78 is 20.6. The predicted molar refractivity (Wildman–Crippen MR) is 122 cm³/mol. The van der Waals surface area contributed by atoms with Crippen molar-refractivity contribution in [2.24, 2.45) is 0 Å². The highest BCUT2D eigenvalue weighted by molar-refractivity contribution is 6.30. The maximum absolute atomic E-state index is 15.1. The Balaban J connectivity index is 1.73. The van der Waals surface area contributed by atoms with Crippen LogP contribution in [0, 0.1) is 0 Å². The Kier molecular flexibility index (Phi) is 6.79. The Labute approximate surface area is 195 Å². The van der Waals surface area contributed by atoms with Crippen LogP contribution in [0.25, 0.3) is 0 Å². The number of fused-ring (bicyclic) bond motifs is 1. The molecule has 170 valence electrons. The zero-order chi connectivity index (χ0) is 23.4. The lowest BCUT2D eigenvalue weighted by Gasteiger charge is -2.39. The van der Waals surface area contributed by atoms with Crippen LogP contribution < -0.4 is 4.74 Å². The van der Waals surface area contributed by atoms with E-state index in [1.54, 1.807) is 42.5 Å². The predicted octanol–water partition coefficient (Wildman–Crippen LogP) is 5.26. The average molecular weight is 469 g/mol. The Bertz CT molecular complexity index is 1160. The van der Waals surface area contributed by atoms with Crippen LogP contribution in [0.15, 0.2) is 72.8 Å². The minimum Gasteiger partial charge on any atom is -0.482 e. The molecule has 1 atom stereocenters. The molecule has 0 fully saturated rings. The highest BCUT2D eigenvalue weighted by atomic mass is 35.5. The zero-order valence-corrected chi connectivity index (χ0v) is 18.4. The fraction of sp³-hybridized carbons (Fsp3) is 0.200. The number of carbonyl (C=O) groups is 2. The largest absolute Gasteiger partial charge is 0.482 e. The fourth-order valence-corrected chi connectivity index (χ4v) is 4.24. The van der Waals surface area contributed by atoms with E-state index >= 15 is 4.48 Å². The highest BCUT2D eigenvalue weighted by Gasteiger charge is 2.36. The number of amides is 2. The minimum absolute atomic E-state index is 0.192. The second-order valence-corrected chi connectivity index (χ2v) is 8.13. The molecule has 0 spiro atoms. The molecule has 3 aromatic carbocycles. The van der Waals surface area contributed by atoms with Crippen molar-refractivity contribution in [3.63, 3.8) is 0 Å². The first-order valence-electron chi connectivity index (χ1n) is 10.4. The van der Waals surface area contributed by atoms with Crippen LogP contribution in [0.5, 0.6) is 5.75 Å². The number of rotatable bonds is 6. The molecule has 1 N–H and O–H groups in total. The van der Waals surface area contributed by atoms with Crippen molar-refractivity contribution in [1.29, 1.82) is 0 Å². The second kappa shape index (κ2) is 9.92. The number of ether oxygens (including phenoxy) is 1. The SMILES string of the molecule is O=C(O)COc1ccc(Cl)cc1C1c2ccccc2CCN1C(=O)N(F)Cc1ccccc1. The minimum atomic E-state index is -1.13. The van der Waals surface area contributed by atoms with Crippen molar-refractivity contribution in [3.8, 4) is 5.75 Å². The summed E-state index contributed by atoms with van der Waals surface area (Å²) in [5, 5.41) is 9.66. The summed E-state index contributed by atoms with van der Waals surface area (Å²) >= 11 is 6.26. The molecule has 1 aliphatic heterocycles. The van der Waals surface area contributed by atoms with Gasteiger partial charge < -0.3 is 14.7 Å². The molecule has 33 heavy (non-hydrogen) atoms. The molecule has 0 saturated heterocycles. The van der Waals surface area contributed by atoms with Crippen LogP contribution in [0.3, 0.4) is 0 Å². The van der Waals surface area contributed by atoms with Gasteiger partial charge in [0.1, 0.15) is 5.75 Å². The summed E-state index contributed by atoms with van der Waals surface area (Å²) in [7, 11) is 0. The number of benzene rings is 3. The maximum Gasteiger partial charge on any atom is 0.349 e. The van der Waals surface area contributed by atoms with Crippen molar-refractivity contribution in [2.75, 3.05) is 13.2 Å². The number of carboxylic acid groups (broad SMARTS) is 1. The number of hydrogen-bond donors (Lipinski definition) is 1. The van der Waals surface area contributed by atoms with Gasteiger partial charge in [-0.05, 0) is 41.3 Å². The van der Waals surface area contributed by atoms with E-state index < -0.39 is 24.6 Å². The van der Waals surface area contributed by atoms with Crippen molar-refractivity contribution < 1.29 is 23.9 Å². The molecule has 0 aromatic heterocycles. The maximum atomic E-state index is 15.1. The van der Waals surface area contributed by atoms with Crippen LogP contribution in [0.4, 0.5) is 9.28 Å². The molecule has 0 radical (unpaired) electrons. The Morgan fingerprint density at radius 1 is 1.06 bits per heavy atom. The quantitative estimate of drug-likeness (QED) is 0.501. The van der Waals surface area contributed by atoms with Gasteiger partial charge in [0.05, 0.1) is 12.6 Å². The van der Waals surface area contributed by atoms with Crippen LogP contribution in [0.2, 0.25) is 5.02 Å². The smallest absolute Gasteiger partial charge is 0.349 e. The van der Waals surface area contributed by atoms with E-state index in [4.69, 9.17) is 21.4 Å². The molecule has 6 nitrogen and oxygen atoms in total. The molecule has 8 heteroatoms. The summed E-state index contributed by atoms with van der Waals surface area (Å²) in [6.07, 6.45) is 0.559. The van der Waals surface area contributed by atoms with Crippen LogP contribution in [-0.4, -0.2) is 40.3 Å². The number of nitrogens with zero attached hydrogens (tertiary/aromatic N) is 2. The molecule has 2 amide bonds. The number of aliphatic carboxylic acids is 1. The third kappa shape index (κ3) is 5.09. The van der Waals surface area contributed by atoms with E-state index in [1.807, 2.05) is 30.3 Å². The highest BCUT2D eigenvalue weighted by Crippen LogP contribution is 2.41. The molecule has 1 unspecified atom stereocenters. The van der Waals surface area contributed by atoms with Gasteiger partial charge >= 0.3 is 12.0 Å². The van der Waals surface area contributed by atoms with Gasteiger partial charge in [-0.2, -0.15) is 5.12 Å². The summed E-state index contributed by atoms with van der Waals surface area (Å²) in [4.78, 5) is 25.8. The van der Waals surface area contributed by atoms with Crippen molar-refractivity contribution in [2.45, 2.75) is 19.0 Å². The number of urea groups is 1. The van der Waals surface area contributed by atoms with E-state index in [0.29, 0.717) is 22.6 Å². The van der Waals surface area contributed by atoms with Gasteiger partial charge in [-0.3, -0.25) is 0 Å². The topological polar surface area (TPSA) is 70.1 Å². The number of halogens is 2. The van der Waals surface area contributed by atoms with Gasteiger partial charge in [-0.25, -0.2) is 9.59 Å². The van der Waals surface area contributed by atoms with Gasteiger partial charge in [0.2, 0.25) is 0 Å². The van der Waals surface area contributed by atoms with E-state index in [1.165, 1.54) is 4.90 Å². The Hall–Kier alpha value is -3.58. The summed E-state index contributed by atoms with van der Waals surface area (Å²) in [6.45, 7) is -0.469. The van der Waals surface area contributed by atoms with Crippen LogP contribution in [0.1, 0.15) is 28.3 Å². The second-order valence-electron chi connectivity index (χ2n) is 7.70. The monoisotopic (exact) mass is 468 g/mol. The van der Waals surface area contributed by atoms with Crippen LogP contribution in [-0.2, 0) is 17.8 Å². The molecular weight excluding hydrogens is 447 g/mol. The molecule has 1 heterocycles.